The topological polar surface area (TPSA) is 62.0 Å². The Kier molecular flexibility index (Phi) is 4.24. The van der Waals surface area contributed by atoms with Gasteiger partial charge in [0.1, 0.15) is 13.1 Å². The van der Waals surface area contributed by atoms with Gasteiger partial charge in [0.05, 0.1) is 43.8 Å². The van der Waals surface area contributed by atoms with E-state index in [0.717, 1.165) is 53.2 Å². The van der Waals surface area contributed by atoms with Crippen molar-refractivity contribution in [1.29, 1.82) is 0 Å². The van der Waals surface area contributed by atoms with Crippen LogP contribution >= 0.6 is 0 Å². The van der Waals surface area contributed by atoms with Crippen LogP contribution in [0.25, 0.3) is 10.9 Å². The zero-order valence-electron chi connectivity index (χ0n) is 17.1. The van der Waals surface area contributed by atoms with Crippen molar-refractivity contribution < 1.29 is 23.7 Å². The highest BCUT2D eigenvalue weighted by Gasteiger charge is 2.38. The molecular formula is C23H27N3O3+2. The average molecular weight is 393 g/mol. The Balaban J connectivity index is 1.64. The first kappa shape index (κ1) is 18.1. The molecule has 2 aromatic carbocycles. The maximum Gasteiger partial charge on any atom is 0.231 e. The Labute approximate surface area is 170 Å². The number of ether oxygens (including phenoxy) is 3. The highest BCUT2D eigenvalue weighted by molar-refractivity contribution is 5.87. The normalized spacial score (nSPS) is 20.0. The zero-order valence-corrected chi connectivity index (χ0v) is 17.1. The molecule has 5 rings (SSSR count). The van der Waals surface area contributed by atoms with Crippen LogP contribution in [0.15, 0.2) is 36.4 Å². The SMILES string of the molecule is COc1c2c(cc3c1[C@H](Cc1cc(N)c4ccccc4[n+]1C)[NH+](C)CC3)OCO2. The molecule has 6 heteroatoms. The molecule has 3 aromatic rings. The monoisotopic (exact) mass is 393 g/mol. The maximum absolute atomic E-state index is 6.41. The van der Waals surface area contributed by atoms with Gasteiger partial charge in [-0.2, -0.15) is 4.57 Å². The summed E-state index contributed by atoms with van der Waals surface area (Å²) in [7, 11) is 6.08. The number of likely N-dealkylation sites (N-methyl/N-ethyl adjacent to an activating group) is 1. The second kappa shape index (κ2) is 6.81. The van der Waals surface area contributed by atoms with Gasteiger partial charge in [-0.1, -0.05) is 12.1 Å². The fourth-order valence-electron chi connectivity index (χ4n) is 4.82. The minimum absolute atomic E-state index is 0.245. The summed E-state index contributed by atoms with van der Waals surface area (Å²) < 4.78 is 19.5. The average Bonchev–Trinajstić information content (AvgIpc) is 3.20. The Morgan fingerprint density at radius 1 is 1.24 bits per heavy atom. The van der Waals surface area contributed by atoms with Gasteiger partial charge in [0.2, 0.25) is 18.1 Å². The van der Waals surface area contributed by atoms with Crippen LogP contribution in [-0.4, -0.2) is 27.5 Å². The van der Waals surface area contributed by atoms with E-state index >= 15 is 0 Å². The summed E-state index contributed by atoms with van der Waals surface area (Å²) in [6.45, 7) is 1.31. The molecule has 2 aliphatic heterocycles. The van der Waals surface area contributed by atoms with Crippen LogP contribution in [0.1, 0.15) is 22.9 Å². The van der Waals surface area contributed by atoms with Crippen LogP contribution in [0.3, 0.4) is 0 Å². The highest BCUT2D eigenvalue weighted by Crippen LogP contribution is 2.47. The Bertz CT molecular complexity index is 1110. The van der Waals surface area contributed by atoms with Crippen molar-refractivity contribution >= 4 is 16.6 Å². The smallest absolute Gasteiger partial charge is 0.231 e. The van der Waals surface area contributed by atoms with Gasteiger partial charge in [-0.15, -0.1) is 0 Å². The van der Waals surface area contributed by atoms with Crippen molar-refractivity contribution in [2.75, 3.05) is 33.2 Å². The molecule has 2 atom stereocenters. The lowest BCUT2D eigenvalue weighted by Gasteiger charge is -2.32. The summed E-state index contributed by atoms with van der Waals surface area (Å²) in [4.78, 5) is 1.46. The van der Waals surface area contributed by atoms with Crippen LogP contribution in [-0.2, 0) is 19.9 Å². The number of benzene rings is 2. The molecule has 0 saturated carbocycles. The highest BCUT2D eigenvalue weighted by atomic mass is 16.7. The van der Waals surface area contributed by atoms with Crippen molar-refractivity contribution in [3.8, 4) is 17.2 Å². The van der Waals surface area contributed by atoms with E-state index in [0.29, 0.717) is 0 Å². The second-order valence-electron chi connectivity index (χ2n) is 7.99. The first-order valence-corrected chi connectivity index (χ1v) is 10.1. The van der Waals surface area contributed by atoms with Crippen molar-refractivity contribution in [2.24, 2.45) is 7.05 Å². The lowest BCUT2D eigenvalue weighted by molar-refractivity contribution is -0.915. The molecule has 0 fully saturated rings. The number of nitrogens with one attached hydrogen (secondary N) is 1. The molecule has 150 valence electrons. The van der Waals surface area contributed by atoms with Gasteiger partial charge in [0.15, 0.2) is 17.2 Å². The Morgan fingerprint density at radius 3 is 2.90 bits per heavy atom. The number of methoxy groups -OCH3 is 1. The van der Waals surface area contributed by atoms with Crippen LogP contribution in [0.4, 0.5) is 5.69 Å². The molecular weight excluding hydrogens is 366 g/mol. The standard InChI is InChI=1S/C23H25N3O3/c1-25-9-8-14-10-20-22(29-13-28-20)23(27-3)21(14)19(25)12-15-11-17(24)16-6-4-5-7-18(16)26(15)2/h4-7,10-11,19,24H,8-9,12-13H2,1-3H3/p+2/t19-/m0/s1. The summed E-state index contributed by atoms with van der Waals surface area (Å²) in [6, 6.07) is 12.8. The number of fused-ring (bicyclic) bond motifs is 3. The summed E-state index contributed by atoms with van der Waals surface area (Å²) >= 11 is 0. The molecule has 0 spiro atoms. The lowest BCUT2D eigenvalue weighted by atomic mass is 9.88. The van der Waals surface area contributed by atoms with Crippen molar-refractivity contribution in [2.45, 2.75) is 18.9 Å². The van der Waals surface area contributed by atoms with Crippen LogP contribution in [0.5, 0.6) is 17.2 Å². The van der Waals surface area contributed by atoms with Crippen molar-refractivity contribution in [3.63, 3.8) is 0 Å². The van der Waals surface area contributed by atoms with Gasteiger partial charge < -0.3 is 24.8 Å². The third-order valence-corrected chi connectivity index (χ3v) is 6.42. The molecule has 6 nitrogen and oxygen atoms in total. The number of para-hydroxylation sites is 1. The molecule has 0 bridgehead atoms. The van der Waals surface area contributed by atoms with Gasteiger partial charge in [0, 0.05) is 18.6 Å². The molecule has 1 aromatic heterocycles. The quantitative estimate of drug-likeness (QED) is 0.660. The first-order valence-electron chi connectivity index (χ1n) is 10.1. The predicted molar refractivity (Wildman–Crippen MR) is 111 cm³/mol. The Morgan fingerprint density at radius 2 is 2.07 bits per heavy atom. The molecule has 0 saturated heterocycles. The number of nitrogen functional groups attached to an aromatic ring is 1. The number of rotatable bonds is 3. The van der Waals surface area contributed by atoms with Gasteiger partial charge in [-0.05, 0) is 17.7 Å². The fraction of sp³-hybridized carbons (Fsp3) is 0.348. The third kappa shape index (κ3) is 2.78. The van der Waals surface area contributed by atoms with Gasteiger partial charge in [-0.25, -0.2) is 0 Å². The molecule has 0 amide bonds. The predicted octanol–water partition coefficient (Wildman–Crippen LogP) is 1.34. The fourth-order valence-corrected chi connectivity index (χ4v) is 4.82. The summed E-state index contributed by atoms with van der Waals surface area (Å²) in [5, 5.41) is 1.09. The van der Waals surface area contributed by atoms with Gasteiger partial charge in [-0.3, -0.25) is 0 Å². The number of aromatic nitrogens is 1. The molecule has 2 aliphatic rings. The maximum atomic E-state index is 6.41. The number of hydrogen-bond donors (Lipinski definition) is 2. The zero-order chi connectivity index (χ0) is 20.1. The van der Waals surface area contributed by atoms with Crippen molar-refractivity contribution in [1.82, 2.24) is 0 Å². The molecule has 29 heavy (non-hydrogen) atoms. The summed E-state index contributed by atoms with van der Waals surface area (Å²) in [6.07, 6.45) is 1.86. The number of pyridine rings is 1. The summed E-state index contributed by atoms with van der Waals surface area (Å²) in [5.41, 5.74) is 12.1. The number of nitrogens with two attached hydrogens (primary N) is 1. The minimum Gasteiger partial charge on any atom is -0.492 e. The molecule has 0 radical (unpaired) electrons. The summed E-state index contributed by atoms with van der Waals surface area (Å²) in [5.74, 6) is 2.34. The number of aryl methyl sites for hydroxylation is 1. The molecule has 3 heterocycles. The van der Waals surface area contributed by atoms with Crippen LogP contribution in [0, 0.1) is 0 Å². The van der Waals surface area contributed by atoms with Gasteiger partial charge >= 0.3 is 0 Å². The molecule has 3 N–H and O–H groups in total. The van der Waals surface area contributed by atoms with E-state index in [2.05, 4.69) is 49.0 Å². The number of anilines is 1. The van der Waals surface area contributed by atoms with E-state index in [1.807, 2.05) is 6.07 Å². The third-order valence-electron chi connectivity index (χ3n) is 6.42. The lowest BCUT2D eigenvalue weighted by Crippen LogP contribution is -3.10. The minimum atomic E-state index is 0.245. The molecule has 0 aliphatic carbocycles. The largest absolute Gasteiger partial charge is 0.492 e. The van der Waals surface area contributed by atoms with E-state index < -0.39 is 0 Å². The number of nitrogens with zero attached hydrogens (tertiary/aromatic N) is 1. The van der Waals surface area contributed by atoms with E-state index in [1.54, 1.807) is 7.11 Å². The first-order chi connectivity index (χ1) is 14.1. The number of hydrogen-bond acceptors (Lipinski definition) is 4. The van der Waals surface area contributed by atoms with Crippen LogP contribution in [0.2, 0.25) is 0 Å². The van der Waals surface area contributed by atoms with E-state index in [-0.39, 0.29) is 12.8 Å². The Hall–Kier alpha value is -2.99. The van der Waals surface area contributed by atoms with E-state index in [1.165, 1.54) is 21.7 Å². The molecule has 1 unspecified atom stereocenters. The van der Waals surface area contributed by atoms with Gasteiger partial charge in [0.25, 0.3) is 0 Å². The number of quaternary nitrogens is 1. The van der Waals surface area contributed by atoms with Crippen LogP contribution < -0.4 is 29.4 Å². The second-order valence-corrected chi connectivity index (χ2v) is 7.99. The van der Waals surface area contributed by atoms with Crippen molar-refractivity contribution in [3.05, 3.63) is 53.2 Å². The van der Waals surface area contributed by atoms with E-state index in [4.69, 9.17) is 19.9 Å². The van der Waals surface area contributed by atoms with E-state index in [9.17, 15) is 0 Å².